The molecule has 0 aliphatic carbocycles. The molecule has 2 aromatic rings. The maximum Gasteiger partial charge on any atom is 0.262 e. The molecule has 112 valence electrons. The second-order valence-electron chi connectivity index (χ2n) is 4.71. The Morgan fingerprint density at radius 1 is 1.00 bits per heavy atom. The Labute approximate surface area is 121 Å². The summed E-state index contributed by atoms with van der Waals surface area (Å²) in [4.78, 5) is -0.350. The molecule has 2 aromatic carbocycles. The highest BCUT2D eigenvalue weighted by Crippen LogP contribution is 2.26. The van der Waals surface area contributed by atoms with Gasteiger partial charge in [0, 0.05) is 5.69 Å². The van der Waals surface area contributed by atoms with E-state index in [4.69, 9.17) is 5.73 Å². The van der Waals surface area contributed by atoms with Crippen LogP contribution in [-0.4, -0.2) is 8.42 Å². The molecule has 0 atom stereocenters. The molecule has 0 aromatic heterocycles. The fraction of sp³-hybridized carbons (Fsp3) is 0.143. The number of hydrogen-bond donors (Lipinski definition) is 2. The van der Waals surface area contributed by atoms with Crippen molar-refractivity contribution in [2.45, 2.75) is 18.7 Å². The quantitative estimate of drug-likeness (QED) is 0.856. The largest absolute Gasteiger partial charge is 0.399 e. The third-order valence-electron chi connectivity index (χ3n) is 2.99. The second kappa shape index (κ2) is 5.33. The summed E-state index contributed by atoms with van der Waals surface area (Å²) in [5, 5.41) is 0. The molecule has 0 saturated carbocycles. The highest BCUT2D eigenvalue weighted by molar-refractivity contribution is 7.92. The summed E-state index contributed by atoms with van der Waals surface area (Å²) >= 11 is 0. The van der Waals surface area contributed by atoms with Crippen LogP contribution in [-0.2, 0) is 10.0 Å². The zero-order valence-corrected chi connectivity index (χ0v) is 12.3. The van der Waals surface area contributed by atoms with Gasteiger partial charge in [0.2, 0.25) is 0 Å². The number of nitrogens with two attached hydrogens (primary N) is 1. The van der Waals surface area contributed by atoms with E-state index in [9.17, 15) is 17.2 Å². The molecule has 0 amide bonds. The maximum absolute atomic E-state index is 13.2. The minimum atomic E-state index is -4.01. The maximum atomic E-state index is 13.2. The third kappa shape index (κ3) is 3.13. The van der Waals surface area contributed by atoms with E-state index in [0.717, 1.165) is 12.1 Å². The summed E-state index contributed by atoms with van der Waals surface area (Å²) in [6.45, 7) is 3.40. The van der Waals surface area contributed by atoms with Crippen LogP contribution < -0.4 is 10.5 Å². The summed E-state index contributed by atoms with van der Waals surface area (Å²) in [5.41, 5.74) is 7.83. The molecule has 0 aliphatic rings. The van der Waals surface area contributed by atoms with Crippen LogP contribution >= 0.6 is 0 Å². The van der Waals surface area contributed by atoms with E-state index < -0.39 is 21.7 Å². The standard InChI is InChI=1S/C14H14F2N2O2S/c1-8-5-10(17)6-9(2)14(8)18-21(19,20)11-3-4-12(15)13(16)7-11/h3-7,18H,17H2,1-2H3. The Morgan fingerprint density at radius 3 is 2.10 bits per heavy atom. The Hall–Kier alpha value is -2.15. The van der Waals surface area contributed by atoms with Gasteiger partial charge in [0.1, 0.15) is 0 Å². The van der Waals surface area contributed by atoms with Crippen LogP contribution in [0.5, 0.6) is 0 Å². The average Bonchev–Trinajstić information content (AvgIpc) is 2.37. The van der Waals surface area contributed by atoms with Gasteiger partial charge in [0.15, 0.2) is 11.6 Å². The van der Waals surface area contributed by atoms with Crippen molar-refractivity contribution in [3.63, 3.8) is 0 Å². The van der Waals surface area contributed by atoms with E-state index in [1.54, 1.807) is 26.0 Å². The SMILES string of the molecule is Cc1cc(N)cc(C)c1NS(=O)(=O)c1ccc(F)c(F)c1. The molecule has 0 saturated heterocycles. The number of rotatable bonds is 3. The molecule has 0 aliphatic heterocycles. The first-order valence-electron chi connectivity index (χ1n) is 6.05. The second-order valence-corrected chi connectivity index (χ2v) is 6.39. The molecule has 0 radical (unpaired) electrons. The molecule has 3 N–H and O–H groups in total. The van der Waals surface area contributed by atoms with Gasteiger partial charge in [-0.15, -0.1) is 0 Å². The van der Waals surface area contributed by atoms with E-state index in [-0.39, 0.29) is 4.90 Å². The number of aryl methyl sites for hydroxylation is 2. The Kier molecular flexibility index (Phi) is 3.87. The zero-order valence-electron chi connectivity index (χ0n) is 11.4. The Bertz CT molecular complexity index is 782. The monoisotopic (exact) mass is 312 g/mol. The van der Waals surface area contributed by atoms with Crippen LogP contribution in [0.4, 0.5) is 20.2 Å². The van der Waals surface area contributed by atoms with Crippen molar-refractivity contribution in [2.24, 2.45) is 0 Å². The molecule has 2 rings (SSSR count). The molecule has 0 unspecified atom stereocenters. The van der Waals surface area contributed by atoms with Crippen LogP contribution in [0.3, 0.4) is 0 Å². The molecule has 7 heteroatoms. The lowest BCUT2D eigenvalue weighted by Crippen LogP contribution is -2.15. The number of benzene rings is 2. The molecular weight excluding hydrogens is 298 g/mol. The van der Waals surface area contributed by atoms with Crippen LogP contribution in [0.1, 0.15) is 11.1 Å². The van der Waals surface area contributed by atoms with Crippen LogP contribution in [0, 0.1) is 25.5 Å². The van der Waals surface area contributed by atoms with Gasteiger partial charge >= 0.3 is 0 Å². The van der Waals surface area contributed by atoms with E-state index in [0.29, 0.717) is 28.6 Å². The lowest BCUT2D eigenvalue weighted by atomic mass is 10.1. The van der Waals surface area contributed by atoms with Gasteiger partial charge in [-0.1, -0.05) is 0 Å². The number of hydrogen-bond acceptors (Lipinski definition) is 3. The number of halogens is 2. The van der Waals surface area contributed by atoms with Crippen molar-refractivity contribution >= 4 is 21.4 Å². The van der Waals surface area contributed by atoms with Gasteiger partial charge in [-0.2, -0.15) is 0 Å². The molecule has 0 heterocycles. The topological polar surface area (TPSA) is 72.2 Å². The number of anilines is 2. The number of nitrogen functional groups attached to an aromatic ring is 1. The molecule has 4 nitrogen and oxygen atoms in total. The first kappa shape index (κ1) is 15.2. The third-order valence-corrected chi connectivity index (χ3v) is 4.34. The van der Waals surface area contributed by atoms with Crippen molar-refractivity contribution < 1.29 is 17.2 Å². The predicted molar refractivity (Wildman–Crippen MR) is 77.5 cm³/mol. The molecule has 0 bridgehead atoms. The Morgan fingerprint density at radius 2 is 1.57 bits per heavy atom. The molecule has 0 spiro atoms. The normalized spacial score (nSPS) is 11.4. The van der Waals surface area contributed by atoms with Crippen molar-refractivity contribution in [3.05, 3.63) is 53.1 Å². The van der Waals surface area contributed by atoms with Crippen molar-refractivity contribution in [1.29, 1.82) is 0 Å². The summed E-state index contributed by atoms with van der Waals surface area (Å²) in [5.74, 6) is -2.32. The highest BCUT2D eigenvalue weighted by atomic mass is 32.2. The van der Waals surface area contributed by atoms with Crippen molar-refractivity contribution in [3.8, 4) is 0 Å². The van der Waals surface area contributed by atoms with Gasteiger partial charge in [-0.3, -0.25) is 4.72 Å². The smallest absolute Gasteiger partial charge is 0.262 e. The van der Waals surface area contributed by atoms with Gasteiger partial charge in [-0.25, -0.2) is 17.2 Å². The van der Waals surface area contributed by atoms with Gasteiger partial charge < -0.3 is 5.73 Å². The Balaban J connectivity index is 2.44. The van der Waals surface area contributed by atoms with E-state index >= 15 is 0 Å². The van der Waals surface area contributed by atoms with Gasteiger partial charge in [0.25, 0.3) is 10.0 Å². The van der Waals surface area contributed by atoms with Crippen molar-refractivity contribution in [2.75, 3.05) is 10.5 Å². The lowest BCUT2D eigenvalue weighted by molar-refractivity contribution is 0.504. The van der Waals surface area contributed by atoms with E-state index in [1.807, 2.05) is 0 Å². The first-order chi connectivity index (χ1) is 9.70. The molecule has 0 fully saturated rings. The zero-order chi connectivity index (χ0) is 15.8. The van der Waals surface area contributed by atoms with Gasteiger partial charge in [0.05, 0.1) is 10.6 Å². The summed E-state index contributed by atoms with van der Waals surface area (Å²) < 4.78 is 52.9. The fourth-order valence-corrected chi connectivity index (χ4v) is 3.21. The first-order valence-corrected chi connectivity index (χ1v) is 7.53. The van der Waals surface area contributed by atoms with E-state index in [1.165, 1.54) is 0 Å². The fourth-order valence-electron chi connectivity index (χ4n) is 2.00. The average molecular weight is 312 g/mol. The lowest BCUT2D eigenvalue weighted by Gasteiger charge is -2.14. The number of sulfonamides is 1. The minimum absolute atomic E-state index is 0.350. The number of nitrogens with one attached hydrogen (secondary N) is 1. The summed E-state index contributed by atoms with van der Waals surface area (Å²) in [7, 11) is -4.01. The molecular formula is C14H14F2N2O2S. The van der Waals surface area contributed by atoms with Crippen LogP contribution in [0.2, 0.25) is 0 Å². The highest BCUT2D eigenvalue weighted by Gasteiger charge is 2.18. The predicted octanol–water partition coefficient (Wildman–Crippen LogP) is 2.96. The van der Waals surface area contributed by atoms with Gasteiger partial charge in [-0.05, 0) is 55.3 Å². The van der Waals surface area contributed by atoms with Crippen LogP contribution in [0.25, 0.3) is 0 Å². The summed E-state index contributed by atoms with van der Waals surface area (Å²) in [6, 6.07) is 5.65. The van der Waals surface area contributed by atoms with Crippen LogP contribution in [0.15, 0.2) is 35.2 Å². The minimum Gasteiger partial charge on any atom is -0.399 e. The summed E-state index contributed by atoms with van der Waals surface area (Å²) in [6.07, 6.45) is 0. The van der Waals surface area contributed by atoms with Crippen molar-refractivity contribution in [1.82, 2.24) is 0 Å². The molecule has 21 heavy (non-hydrogen) atoms. The van der Waals surface area contributed by atoms with E-state index in [2.05, 4.69) is 4.72 Å².